The van der Waals surface area contributed by atoms with Gasteiger partial charge in [-0.15, -0.1) is 0 Å². The molecule has 5 nitrogen and oxygen atoms in total. The third-order valence-corrected chi connectivity index (χ3v) is 3.75. The van der Waals surface area contributed by atoms with Gasteiger partial charge in [0.05, 0.1) is 22.7 Å². The third kappa shape index (κ3) is 3.37. The fraction of sp³-hybridized carbons (Fsp3) is 0.462. The van der Waals surface area contributed by atoms with Crippen LogP contribution in [0.25, 0.3) is 0 Å². The molecule has 0 saturated carbocycles. The zero-order valence-electron chi connectivity index (χ0n) is 11.2. The molecule has 0 radical (unpaired) electrons. The number of nitrogens with two attached hydrogens (primary N) is 1. The second kappa shape index (κ2) is 6.23. The number of rotatable bonds is 6. The summed E-state index contributed by atoms with van der Waals surface area (Å²) in [5, 5.41) is 5.03. The number of furan rings is 1. The Morgan fingerprint density at radius 2 is 2.37 bits per heavy atom. The highest BCUT2D eigenvalue weighted by Crippen LogP contribution is 2.21. The molecule has 0 amide bonds. The van der Waals surface area contributed by atoms with Crippen LogP contribution in [0.15, 0.2) is 22.8 Å². The van der Waals surface area contributed by atoms with Crippen molar-refractivity contribution in [2.24, 2.45) is 12.9 Å². The van der Waals surface area contributed by atoms with E-state index >= 15 is 0 Å². The van der Waals surface area contributed by atoms with Gasteiger partial charge in [-0.2, -0.15) is 5.10 Å². The molecule has 2 heterocycles. The zero-order chi connectivity index (χ0) is 13.8. The van der Waals surface area contributed by atoms with Gasteiger partial charge in [0.2, 0.25) is 0 Å². The van der Waals surface area contributed by atoms with E-state index in [1.165, 1.54) is 0 Å². The first-order chi connectivity index (χ1) is 9.11. The number of nitrogens with zero attached hydrogens (tertiary/aromatic N) is 2. The van der Waals surface area contributed by atoms with Gasteiger partial charge in [0, 0.05) is 25.9 Å². The summed E-state index contributed by atoms with van der Waals surface area (Å²) in [4.78, 5) is 0. The van der Waals surface area contributed by atoms with E-state index < -0.39 is 0 Å². The van der Waals surface area contributed by atoms with Crippen LogP contribution >= 0.6 is 11.6 Å². The number of hydrogen-bond donors (Lipinski definition) is 2. The first-order valence-electron chi connectivity index (χ1n) is 6.28. The Morgan fingerprint density at radius 3 is 2.89 bits per heavy atom. The Morgan fingerprint density at radius 1 is 1.58 bits per heavy atom. The van der Waals surface area contributed by atoms with E-state index in [1.54, 1.807) is 6.26 Å². The molecule has 3 N–H and O–H groups in total. The highest BCUT2D eigenvalue weighted by Gasteiger charge is 2.16. The van der Waals surface area contributed by atoms with Crippen molar-refractivity contribution in [3.8, 4) is 0 Å². The minimum Gasteiger partial charge on any atom is -0.469 e. The van der Waals surface area contributed by atoms with Gasteiger partial charge >= 0.3 is 0 Å². The van der Waals surface area contributed by atoms with E-state index in [4.69, 9.17) is 21.9 Å². The van der Waals surface area contributed by atoms with Crippen molar-refractivity contribution < 1.29 is 4.42 Å². The normalized spacial score (nSPS) is 12.8. The van der Waals surface area contributed by atoms with Gasteiger partial charge < -0.3 is 4.42 Å². The van der Waals surface area contributed by atoms with Gasteiger partial charge in [-0.25, -0.2) is 0 Å². The van der Waals surface area contributed by atoms with E-state index in [1.807, 2.05) is 30.8 Å². The van der Waals surface area contributed by atoms with Crippen LogP contribution in [0.4, 0.5) is 0 Å². The molecule has 0 aliphatic rings. The topological polar surface area (TPSA) is 69.0 Å². The molecule has 0 saturated heterocycles. The third-order valence-electron chi connectivity index (χ3n) is 3.26. The molecule has 104 valence electrons. The summed E-state index contributed by atoms with van der Waals surface area (Å²) < 4.78 is 7.13. The largest absolute Gasteiger partial charge is 0.469 e. The number of nitrogens with one attached hydrogen (secondary N) is 1. The van der Waals surface area contributed by atoms with Crippen LogP contribution in [0.2, 0.25) is 5.02 Å². The summed E-state index contributed by atoms with van der Waals surface area (Å²) in [6, 6.07) is 3.99. The molecular formula is C13H19ClN4O. The van der Waals surface area contributed by atoms with E-state index in [0.29, 0.717) is 0 Å². The second-order valence-corrected chi connectivity index (χ2v) is 5.03. The van der Waals surface area contributed by atoms with Crippen LogP contribution in [0.5, 0.6) is 0 Å². The lowest BCUT2D eigenvalue weighted by Crippen LogP contribution is -2.37. The number of aromatic nitrogens is 2. The molecule has 2 rings (SSSR count). The van der Waals surface area contributed by atoms with Gasteiger partial charge in [-0.1, -0.05) is 11.6 Å². The molecular weight excluding hydrogens is 264 g/mol. The predicted molar refractivity (Wildman–Crippen MR) is 74.8 cm³/mol. The maximum Gasteiger partial charge on any atom is 0.103 e. The van der Waals surface area contributed by atoms with Crippen LogP contribution in [0, 0.1) is 6.92 Å². The van der Waals surface area contributed by atoms with Crippen molar-refractivity contribution in [2.75, 3.05) is 0 Å². The SMILES string of the molecule is Cc1nn(C)c(CC(CCc2ccco2)NN)c1Cl. The molecule has 0 aromatic carbocycles. The molecule has 2 aromatic rings. The van der Waals surface area contributed by atoms with Crippen molar-refractivity contribution in [1.82, 2.24) is 15.2 Å². The average molecular weight is 283 g/mol. The fourth-order valence-corrected chi connectivity index (χ4v) is 2.39. The van der Waals surface area contributed by atoms with Crippen LogP contribution in [-0.4, -0.2) is 15.8 Å². The Kier molecular flexibility index (Phi) is 4.63. The van der Waals surface area contributed by atoms with E-state index in [2.05, 4.69) is 10.5 Å². The summed E-state index contributed by atoms with van der Waals surface area (Å²) in [6.07, 6.45) is 4.15. The van der Waals surface area contributed by atoms with Gasteiger partial charge in [0.15, 0.2) is 0 Å². The number of hydrogen-bond acceptors (Lipinski definition) is 4. The van der Waals surface area contributed by atoms with Crippen LogP contribution < -0.4 is 11.3 Å². The fourth-order valence-electron chi connectivity index (χ4n) is 2.15. The van der Waals surface area contributed by atoms with Crippen LogP contribution in [-0.2, 0) is 19.9 Å². The molecule has 1 unspecified atom stereocenters. The lowest BCUT2D eigenvalue weighted by molar-refractivity contribution is 0.441. The first-order valence-corrected chi connectivity index (χ1v) is 6.66. The summed E-state index contributed by atoms with van der Waals surface area (Å²) in [5.41, 5.74) is 4.68. The van der Waals surface area contributed by atoms with Crippen molar-refractivity contribution >= 4 is 11.6 Å². The molecule has 0 spiro atoms. The van der Waals surface area contributed by atoms with E-state index in [0.717, 1.165) is 41.4 Å². The Bertz CT molecular complexity index is 521. The van der Waals surface area contributed by atoms with Gasteiger partial charge in [0.1, 0.15) is 5.76 Å². The van der Waals surface area contributed by atoms with Gasteiger partial charge in [-0.05, 0) is 25.5 Å². The Balaban J connectivity index is 1.98. The maximum atomic E-state index is 6.24. The summed E-state index contributed by atoms with van der Waals surface area (Å²) in [6.45, 7) is 1.90. The highest BCUT2D eigenvalue weighted by atomic mass is 35.5. The van der Waals surface area contributed by atoms with Gasteiger partial charge in [0.25, 0.3) is 0 Å². The average Bonchev–Trinajstić information content (AvgIpc) is 2.98. The van der Waals surface area contributed by atoms with Crippen molar-refractivity contribution in [3.63, 3.8) is 0 Å². The summed E-state index contributed by atoms with van der Waals surface area (Å²) in [7, 11) is 1.90. The van der Waals surface area contributed by atoms with Crippen molar-refractivity contribution in [2.45, 2.75) is 32.2 Å². The van der Waals surface area contributed by atoms with E-state index in [-0.39, 0.29) is 6.04 Å². The Hall–Kier alpha value is -1.30. The number of halogens is 1. The highest BCUT2D eigenvalue weighted by molar-refractivity contribution is 6.31. The monoisotopic (exact) mass is 282 g/mol. The molecule has 0 aliphatic heterocycles. The summed E-state index contributed by atoms with van der Waals surface area (Å²) in [5.74, 6) is 6.58. The predicted octanol–water partition coefficient (Wildman–Crippen LogP) is 1.98. The first kappa shape index (κ1) is 14.1. The van der Waals surface area contributed by atoms with Gasteiger partial charge in [-0.3, -0.25) is 16.0 Å². The molecule has 0 aliphatic carbocycles. The molecule has 2 aromatic heterocycles. The molecule has 19 heavy (non-hydrogen) atoms. The van der Waals surface area contributed by atoms with E-state index in [9.17, 15) is 0 Å². The molecule has 1 atom stereocenters. The molecule has 6 heteroatoms. The van der Waals surface area contributed by atoms with Crippen LogP contribution in [0.1, 0.15) is 23.6 Å². The molecule has 0 fully saturated rings. The lowest BCUT2D eigenvalue weighted by atomic mass is 10.1. The number of aryl methyl sites for hydroxylation is 3. The van der Waals surface area contributed by atoms with Crippen molar-refractivity contribution in [1.29, 1.82) is 0 Å². The maximum absolute atomic E-state index is 6.24. The quantitative estimate of drug-likeness (QED) is 0.628. The molecule has 0 bridgehead atoms. The minimum atomic E-state index is 0.136. The lowest BCUT2D eigenvalue weighted by Gasteiger charge is -2.15. The Labute approximate surface area is 117 Å². The standard InChI is InChI=1S/C13H19ClN4O/c1-9-13(14)12(18(2)17-9)8-10(16-15)5-6-11-4-3-7-19-11/h3-4,7,10,16H,5-6,8,15H2,1-2H3. The van der Waals surface area contributed by atoms with Crippen molar-refractivity contribution in [3.05, 3.63) is 40.6 Å². The number of hydrazine groups is 1. The van der Waals surface area contributed by atoms with Crippen LogP contribution in [0.3, 0.4) is 0 Å². The summed E-state index contributed by atoms with van der Waals surface area (Å²) >= 11 is 6.24. The second-order valence-electron chi connectivity index (χ2n) is 4.66. The smallest absolute Gasteiger partial charge is 0.103 e. The minimum absolute atomic E-state index is 0.136. The zero-order valence-corrected chi connectivity index (χ0v) is 11.9.